The minimum Gasteiger partial charge on any atom is -0.481 e. The van der Waals surface area contributed by atoms with Gasteiger partial charge in [0.2, 0.25) is 0 Å². The molecule has 0 aromatic heterocycles. The topological polar surface area (TPSA) is 81.2 Å². The third-order valence-corrected chi connectivity index (χ3v) is 7.12. The van der Waals surface area contributed by atoms with Crippen LogP contribution in [0.4, 0.5) is 0 Å². The van der Waals surface area contributed by atoms with E-state index in [1.807, 2.05) is 0 Å². The highest BCUT2D eigenvalue weighted by Crippen LogP contribution is 2.23. The average Bonchev–Trinajstić information content (AvgIpc) is 3.06. The number of likely N-dealkylation sites (N-methyl/N-ethyl adjacent to an activating group) is 2. The number of hydrogen-bond donors (Lipinski definition) is 1. The first-order valence-corrected chi connectivity index (χ1v) is 9.86. The summed E-state index contributed by atoms with van der Waals surface area (Å²) in [6.07, 6.45) is 6.06. The molecule has 2 aliphatic rings. The van der Waals surface area contributed by atoms with Crippen LogP contribution in [0.2, 0.25) is 0 Å². The molecular weight excluding hydrogens is 318 g/mol. The van der Waals surface area contributed by atoms with Crippen molar-refractivity contribution < 1.29 is 18.3 Å². The fourth-order valence-electron chi connectivity index (χ4n) is 3.49. The molecule has 0 spiro atoms. The maximum absolute atomic E-state index is 12.6. The van der Waals surface area contributed by atoms with Crippen LogP contribution in [0.5, 0.6) is 0 Å². The summed E-state index contributed by atoms with van der Waals surface area (Å²) in [4.78, 5) is 13.4. The van der Waals surface area contributed by atoms with Crippen molar-refractivity contribution in [3.63, 3.8) is 0 Å². The molecule has 8 heteroatoms. The number of piperidine rings is 1. The number of carboxylic acid groups (broad SMARTS) is 1. The monoisotopic (exact) mass is 347 g/mol. The fourth-order valence-corrected chi connectivity index (χ4v) is 4.93. The van der Waals surface area contributed by atoms with E-state index in [0.29, 0.717) is 38.5 Å². The van der Waals surface area contributed by atoms with E-state index in [1.165, 1.54) is 34.3 Å². The molecule has 1 aliphatic heterocycles. The van der Waals surface area contributed by atoms with E-state index in [2.05, 4.69) is 11.9 Å². The Balaban J connectivity index is 1.88. The van der Waals surface area contributed by atoms with Crippen LogP contribution in [-0.2, 0) is 15.0 Å². The minimum absolute atomic E-state index is 0.0838. The standard InChI is InChI=1S/C15H29N3O4S/c1-16(14-7-3-4-8-14)10-11-17(2)23(21,22)18-9-5-6-13(12-18)15(19)20/h13-14H,3-12H2,1-2H3,(H,19,20). The summed E-state index contributed by atoms with van der Waals surface area (Å²) < 4.78 is 27.9. The second-order valence-corrected chi connectivity index (χ2v) is 8.82. The molecule has 0 aromatic carbocycles. The first-order chi connectivity index (χ1) is 10.8. The molecule has 1 saturated heterocycles. The number of carbonyl (C=O) groups is 1. The van der Waals surface area contributed by atoms with Gasteiger partial charge in [0, 0.05) is 39.3 Å². The van der Waals surface area contributed by atoms with Gasteiger partial charge in [0.1, 0.15) is 0 Å². The second kappa shape index (κ2) is 7.92. The maximum Gasteiger partial charge on any atom is 0.307 e. The van der Waals surface area contributed by atoms with Crippen LogP contribution in [-0.4, -0.2) is 79.3 Å². The van der Waals surface area contributed by atoms with E-state index in [-0.39, 0.29) is 6.54 Å². The van der Waals surface area contributed by atoms with E-state index in [4.69, 9.17) is 5.11 Å². The molecule has 1 N–H and O–H groups in total. The molecule has 0 amide bonds. The van der Waals surface area contributed by atoms with Crippen molar-refractivity contribution in [2.24, 2.45) is 5.92 Å². The van der Waals surface area contributed by atoms with Crippen LogP contribution in [0.1, 0.15) is 38.5 Å². The lowest BCUT2D eigenvalue weighted by atomic mass is 10.0. The smallest absolute Gasteiger partial charge is 0.307 e. The molecule has 1 unspecified atom stereocenters. The SMILES string of the molecule is CN(CCN(C)S(=O)(=O)N1CCCC(C(=O)O)C1)C1CCCC1. The van der Waals surface area contributed by atoms with Gasteiger partial charge in [-0.3, -0.25) is 4.79 Å². The van der Waals surface area contributed by atoms with Crippen molar-refractivity contribution >= 4 is 16.2 Å². The Morgan fingerprint density at radius 1 is 1.13 bits per heavy atom. The Labute approximate surface area is 139 Å². The van der Waals surface area contributed by atoms with Crippen LogP contribution >= 0.6 is 0 Å². The lowest BCUT2D eigenvalue weighted by molar-refractivity contribution is -0.142. The number of carboxylic acids is 1. The second-order valence-electron chi connectivity index (χ2n) is 6.78. The van der Waals surface area contributed by atoms with Crippen LogP contribution in [0, 0.1) is 5.92 Å². The molecule has 23 heavy (non-hydrogen) atoms. The minimum atomic E-state index is -3.57. The van der Waals surface area contributed by atoms with Gasteiger partial charge in [-0.1, -0.05) is 12.8 Å². The third-order valence-electron chi connectivity index (χ3n) is 5.17. The van der Waals surface area contributed by atoms with E-state index >= 15 is 0 Å². The summed E-state index contributed by atoms with van der Waals surface area (Å²) in [6, 6.07) is 0.567. The lowest BCUT2D eigenvalue weighted by Gasteiger charge is -2.33. The van der Waals surface area contributed by atoms with Crippen molar-refractivity contribution in [2.75, 3.05) is 40.3 Å². The van der Waals surface area contributed by atoms with Crippen LogP contribution in [0.3, 0.4) is 0 Å². The zero-order valence-electron chi connectivity index (χ0n) is 14.1. The lowest BCUT2D eigenvalue weighted by Crippen LogP contribution is -2.49. The average molecular weight is 347 g/mol. The van der Waals surface area contributed by atoms with Gasteiger partial charge >= 0.3 is 5.97 Å². The molecule has 0 aromatic rings. The molecule has 0 radical (unpaired) electrons. The summed E-state index contributed by atoms with van der Waals surface area (Å²) >= 11 is 0. The summed E-state index contributed by atoms with van der Waals surface area (Å²) in [5.74, 6) is -1.50. The molecule has 1 heterocycles. The Morgan fingerprint density at radius 2 is 1.78 bits per heavy atom. The van der Waals surface area contributed by atoms with E-state index in [9.17, 15) is 13.2 Å². The molecule has 2 fully saturated rings. The van der Waals surface area contributed by atoms with Crippen LogP contribution in [0.15, 0.2) is 0 Å². The van der Waals surface area contributed by atoms with E-state index in [1.54, 1.807) is 7.05 Å². The summed E-state index contributed by atoms with van der Waals surface area (Å²) in [7, 11) is 0.0679. The Morgan fingerprint density at radius 3 is 2.39 bits per heavy atom. The molecule has 1 saturated carbocycles. The van der Waals surface area contributed by atoms with Gasteiger partial charge in [0.15, 0.2) is 0 Å². The largest absolute Gasteiger partial charge is 0.481 e. The molecule has 1 aliphatic carbocycles. The van der Waals surface area contributed by atoms with Crippen LogP contribution in [0.25, 0.3) is 0 Å². The fraction of sp³-hybridized carbons (Fsp3) is 0.933. The van der Waals surface area contributed by atoms with Gasteiger partial charge in [-0.2, -0.15) is 17.0 Å². The molecule has 7 nitrogen and oxygen atoms in total. The van der Waals surface area contributed by atoms with Crippen molar-refractivity contribution in [1.82, 2.24) is 13.5 Å². The zero-order chi connectivity index (χ0) is 17.0. The highest BCUT2D eigenvalue weighted by Gasteiger charge is 2.34. The number of nitrogens with zero attached hydrogens (tertiary/aromatic N) is 3. The quantitative estimate of drug-likeness (QED) is 0.738. The van der Waals surface area contributed by atoms with E-state index in [0.717, 1.165) is 0 Å². The van der Waals surface area contributed by atoms with Gasteiger partial charge in [0.05, 0.1) is 5.92 Å². The summed E-state index contributed by atoms with van der Waals surface area (Å²) in [6.45, 7) is 1.63. The number of aliphatic carboxylic acids is 1. The Hall–Kier alpha value is -0.700. The molecule has 134 valence electrons. The Kier molecular flexibility index (Phi) is 6.41. The van der Waals surface area contributed by atoms with E-state index < -0.39 is 22.1 Å². The predicted octanol–water partition coefficient (Wildman–Crippen LogP) is 0.834. The van der Waals surface area contributed by atoms with Crippen LogP contribution < -0.4 is 0 Å². The van der Waals surface area contributed by atoms with Crippen molar-refractivity contribution in [3.05, 3.63) is 0 Å². The van der Waals surface area contributed by atoms with Crippen molar-refractivity contribution in [3.8, 4) is 0 Å². The number of rotatable bonds is 7. The highest BCUT2D eigenvalue weighted by atomic mass is 32.2. The first-order valence-electron chi connectivity index (χ1n) is 8.47. The van der Waals surface area contributed by atoms with Gasteiger partial charge in [-0.25, -0.2) is 0 Å². The third kappa shape index (κ3) is 4.65. The molecule has 2 rings (SSSR count). The van der Waals surface area contributed by atoms with Crippen molar-refractivity contribution in [2.45, 2.75) is 44.6 Å². The Bertz CT molecular complexity index is 505. The predicted molar refractivity (Wildman–Crippen MR) is 88.4 cm³/mol. The zero-order valence-corrected chi connectivity index (χ0v) is 15.0. The van der Waals surface area contributed by atoms with Gasteiger partial charge in [-0.05, 0) is 32.7 Å². The van der Waals surface area contributed by atoms with Gasteiger partial charge in [0.25, 0.3) is 10.2 Å². The molecule has 1 atom stereocenters. The summed E-state index contributed by atoms with van der Waals surface area (Å²) in [5, 5.41) is 9.12. The molecule has 0 bridgehead atoms. The summed E-state index contributed by atoms with van der Waals surface area (Å²) in [5.41, 5.74) is 0. The normalized spacial score (nSPS) is 24.6. The van der Waals surface area contributed by atoms with Gasteiger partial charge in [-0.15, -0.1) is 0 Å². The maximum atomic E-state index is 12.6. The first kappa shape index (κ1) is 18.6. The highest BCUT2D eigenvalue weighted by molar-refractivity contribution is 7.86. The number of hydrogen-bond acceptors (Lipinski definition) is 4. The van der Waals surface area contributed by atoms with Crippen molar-refractivity contribution in [1.29, 1.82) is 0 Å². The molecular formula is C15H29N3O4S. The van der Waals surface area contributed by atoms with Gasteiger partial charge < -0.3 is 10.0 Å².